The molecule has 372 valence electrons. The van der Waals surface area contributed by atoms with Gasteiger partial charge in [0, 0.05) is 0 Å². The van der Waals surface area contributed by atoms with Crippen molar-refractivity contribution >= 4 is 5.97 Å². The first-order chi connectivity index (χ1) is 30.3. The Labute approximate surface area is 380 Å². The highest BCUT2D eigenvalue weighted by atomic mass is 16.8. The molecule has 1 unspecified atom stereocenters. The monoisotopic (exact) mass is 929 g/mol. The molecule has 18 heteroatoms. The van der Waals surface area contributed by atoms with E-state index in [0.29, 0.717) is 25.7 Å². The molecule has 65 heavy (non-hydrogen) atoms. The summed E-state index contributed by atoms with van der Waals surface area (Å²) in [4.78, 5) is 13.2. The van der Waals surface area contributed by atoms with E-state index in [1.165, 1.54) is 5.57 Å². The number of ether oxygens (including phenoxy) is 6. The molecular weight excluding hydrogens is 852 g/mol. The number of carboxylic acid groups (broad SMARTS) is 1. The van der Waals surface area contributed by atoms with Crippen LogP contribution in [0.5, 0.6) is 0 Å². The Morgan fingerprint density at radius 1 is 0.677 bits per heavy atom. The lowest BCUT2D eigenvalue weighted by Gasteiger charge is -2.71. The molecule has 23 atom stereocenters. The van der Waals surface area contributed by atoms with Crippen LogP contribution in [0.25, 0.3) is 0 Å². The van der Waals surface area contributed by atoms with Crippen molar-refractivity contribution in [3.63, 3.8) is 0 Å². The summed E-state index contributed by atoms with van der Waals surface area (Å²) in [6.07, 6.45) is -15.7. The Morgan fingerprint density at radius 3 is 1.83 bits per heavy atom. The molecule has 0 aromatic heterocycles. The van der Waals surface area contributed by atoms with Crippen molar-refractivity contribution in [2.24, 2.45) is 50.2 Å². The van der Waals surface area contributed by atoms with Gasteiger partial charge in [-0.05, 0) is 103 Å². The molecular formula is C47H76O18. The minimum absolute atomic E-state index is 0.0582. The fourth-order valence-corrected chi connectivity index (χ4v) is 15.0. The van der Waals surface area contributed by atoms with Gasteiger partial charge in [-0.15, -0.1) is 0 Å². The molecule has 3 saturated heterocycles. The summed E-state index contributed by atoms with van der Waals surface area (Å²) >= 11 is 0. The number of aliphatic hydroxyl groups excluding tert-OH is 10. The van der Waals surface area contributed by atoms with Gasteiger partial charge in [0.05, 0.1) is 32.0 Å². The number of hydrogen-bond acceptors (Lipinski definition) is 17. The zero-order valence-electron chi connectivity index (χ0n) is 38.8. The fraction of sp³-hybridized carbons (Fsp3) is 0.936. The average molecular weight is 929 g/mol. The predicted molar refractivity (Wildman–Crippen MR) is 226 cm³/mol. The SMILES string of the molecule is CC1(C)CC[C@]2(C(=O)O)[C@H](O)C[C@]3(C)C(=CC[C@@H]4[C@@]5(C)CCC(O[C@@H]6OC[C@H](O)[C@H](O[C@@H]7O[C@H](CO)[C@@H](O)[C@H](O)[C@H]7O)[C@H]6O[C@@H]6O[C@H](CO)[C@@H](O)[C@H](O)[C@H]6O)C(C)(C)[C@@H]5CC[C@]43C)[C@@H]2C1. The molecule has 3 aliphatic heterocycles. The average Bonchev–Trinajstić information content (AvgIpc) is 3.23. The van der Waals surface area contributed by atoms with E-state index in [1.807, 2.05) is 0 Å². The number of aliphatic carboxylic acids is 1. The van der Waals surface area contributed by atoms with Gasteiger partial charge in [0.25, 0.3) is 0 Å². The number of carboxylic acids is 1. The van der Waals surface area contributed by atoms with E-state index in [-0.39, 0.29) is 40.6 Å². The maximum atomic E-state index is 13.2. The normalized spacial score (nSPS) is 54.0. The third kappa shape index (κ3) is 7.71. The molecule has 18 nitrogen and oxygen atoms in total. The van der Waals surface area contributed by atoms with Crippen LogP contribution in [0, 0.1) is 50.2 Å². The molecule has 0 amide bonds. The zero-order valence-corrected chi connectivity index (χ0v) is 38.8. The van der Waals surface area contributed by atoms with E-state index in [1.54, 1.807) is 0 Å². The van der Waals surface area contributed by atoms with Crippen molar-refractivity contribution in [3.8, 4) is 0 Å². The molecule has 8 aliphatic rings. The van der Waals surface area contributed by atoms with Crippen molar-refractivity contribution in [1.82, 2.24) is 0 Å². The van der Waals surface area contributed by atoms with E-state index < -0.39 is 134 Å². The summed E-state index contributed by atoms with van der Waals surface area (Å²) in [6, 6.07) is 0. The van der Waals surface area contributed by atoms with Crippen LogP contribution in [0.15, 0.2) is 11.6 Å². The van der Waals surface area contributed by atoms with Crippen LogP contribution in [-0.4, -0.2) is 180 Å². The second kappa shape index (κ2) is 17.5. The van der Waals surface area contributed by atoms with Gasteiger partial charge in [-0.1, -0.05) is 60.1 Å². The fourth-order valence-electron chi connectivity index (χ4n) is 15.0. The van der Waals surface area contributed by atoms with Crippen LogP contribution in [0.3, 0.4) is 0 Å². The van der Waals surface area contributed by atoms with E-state index in [9.17, 15) is 61.0 Å². The van der Waals surface area contributed by atoms with Crippen molar-refractivity contribution in [2.75, 3.05) is 19.8 Å². The topological polar surface area (TPSA) is 295 Å². The highest BCUT2D eigenvalue weighted by Crippen LogP contribution is 2.76. The van der Waals surface area contributed by atoms with Crippen LogP contribution in [0.2, 0.25) is 0 Å². The molecule has 11 N–H and O–H groups in total. The van der Waals surface area contributed by atoms with Crippen LogP contribution >= 0.6 is 0 Å². The maximum absolute atomic E-state index is 13.2. The second-order valence-electron chi connectivity index (χ2n) is 23.1. The first-order valence-electron chi connectivity index (χ1n) is 23.8. The largest absolute Gasteiger partial charge is 0.481 e. The van der Waals surface area contributed by atoms with Crippen LogP contribution in [0.4, 0.5) is 0 Å². The molecule has 0 aromatic rings. The number of hydrogen-bond donors (Lipinski definition) is 11. The third-order valence-electron chi connectivity index (χ3n) is 19.0. The molecule has 3 heterocycles. The summed E-state index contributed by atoms with van der Waals surface area (Å²) in [7, 11) is 0. The summed E-state index contributed by atoms with van der Waals surface area (Å²) < 4.78 is 36.8. The second-order valence-corrected chi connectivity index (χ2v) is 23.1. The van der Waals surface area contributed by atoms with Crippen molar-refractivity contribution in [3.05, 3.63) is 11.6 Å². The molecule has 0 spiro atoms. The summed E-state index contributed by atoms with van der Waals surface area (Å²) in [6.45, 7) is 13.9. The number of aliphatic hydroxyl groups is 10. The number of allylic oxidation sites excluding steroid dienone is 2. The van der Waals surface area contributed by atoms with Gasteiger partial charge in [0.2, 0.25) is 0 Å². The van der Waals surface area contributed by atoms with E-state index in [0.717, 1.165) is 32.1 Å². The van der Waals surface area contributed by atoms with Crippen molar-refractivity contribution in [1.29, 1.82) is 0 Å². The maximum Gasteiger partial charge on any atom is 0.312 e. The van der Waals surface area contributed by atoms with E-state index >= 15 is 0 Å². The third-order valence-corrected chi connectivity index (χ3v) is 19.0. The number of rotatable bonds is 9. The van der Waals surface area contributed by atoms with Gasteiger partial charge >= 0.3 is 5.97 Å². The van der Waals surface area contributed by atoms with E-state index in [2.05, 4.69) is 54.5 Å². The smallest absolute Gasteiger partial charge is 0.312 e. The van der Waals surface area contributed by atoms with Gasteiger partial charge < -0.3 is 84.6 Å². The quantitative estimate of drug-likeness (QED) is 0.110. The Hall–Kier alpha value is -1.43. The Morgan fingerprint density at radius 2 is 1.26 bits per heavy atom. The molecule has 0 aromatic carbocycles. The Balaban J connectivity index is 1.08. The van der Waals surface area contributed by atoms with Gasteiger partial charge in [-0.3, -0.25) is 4.79 Å². The predicted octanol–water partition coefficient (Wildman–Crippen LogP) is 0.316. The van der Waals surface area contributed by atoms with Crippen LogP contribution < -0.4 is 0 Å². The molecule has 4 saturated carbocycles. The Kier molecular flexibility index (Phi) is 13.4. The van der Waals surface area contributed by atoms with Gasteiger partial charge in [0.1, 0.15) is 72.6 Å². The van der Waals surface area contributed by atoms with E-state index in [4.69, 9.17) is 28.4 Å². The molecule has 7 fully saturated rings. The van der Waals surface area contributed by atoms with Crippen LogP contribution in [0.1, 0.15) is 106 Å². The first kappa shape index (κ1) is 50.0. The van der Waals surface area contributed by atoms with Gasteiger partial charge in [0.15, 0.2) is 18.9 Å². The lowest BCUT2D eigenvalue weighted by molar-refractivity contribution is -0.389. The summed E-state index contributed by atoms with van der Waals surface area (Å²) in [5, 5.41) is 118. The minimum atomic E-state index is -1.86. The Bertz CT molecular complexity index is 1770. The highest BCUT2D eigenvalue weighted by molar-refractivity contribution is 5.77. The van der Waals surface area contributed by atoms with Gasteiger partial charge in [-0.2, -0.15) is 0 Å². The minimum Gasteiger partial charge on any atom is -0.481 e. The standard InChI is InChI=1S/C47H76O18/c1-42(2)14-15-47(41(58)59)22(16-42)21-8-9-27-44(5)12-11-29(43(3,4)26(44)10-13-45(27,6)46(21,7)17-28(47)51)63-40-37(65-39-35(57)33(55)31(53)25(19-49)62-39)36(23(50)20-60-40)64-38-34(56)32(54)30(52)24(18-48)61-38/h8,22-40,48-57H,9-20H2,1-7H3,(H,58,59)/t22-,23-,24+,25+,26-,27+,28+,29?,30+,31+,32-,33-,34+,35+,36-,37+,38-,39-,40-,44-,45+,46+,47+/m0/s1. The van der Waals surface area contributed by atoms with Crippen molar-refractivity contribution in [2.45, 2.75) is 204 Å². The number of fused-ring (bicyclic) bond motifs is 7. The summed E-state index contributed by atoms with van der Waals surface area (Å²) in [5.41, 5.74) is -1.46. The summed E-state index contributed by atoms with van der Waals surface area (Å²) in [5.74, 6) is -0.850. The highest BCUT2D eigenvalue weighted by Gasteiger charge is 2.71. The molecule has 5 aliphatic carbocycles. The molecule has 0 bridgehead atoms. The number of carbonyl (C=O) groups is 1. The molecule has 0 radical (unpaired) electrons. The lowest BCUT2D eigenvalue weighted by Crippen LogP contribution is -2.68. The van der Waals surface area contributed by atoms with Crippen molar-refractivity contribution < 1.29 is 89.4 Å². The van der Waals surface area contributed by atoms with Crippen LogP contribution in [-0.2, 0) is 33.2 Å². The molecule has 8 rings (SSSR count). The lowest BCUT2D eigenvalue weighted by atomic mass is 9.33. The van der Waals surface area contributed by atoms with Gasteiger partial charge in [-0.25, -0.2) is 0 Å². The first-order valence-corrected chi connectivity index (χ1v) is 23.8. The zero-order chi connectivity index (χ0) is 47.6.